The van der Waals surface area contributed by atoms with Crippen LogP contribution in [0.25, 0.3) is 6.08 Å². The highest BCUT2D eigenvalue weighted by Crippen LogP contribution is 2.37. The number of hydrogen-bond donors (Lipinski definition) is 4. The van der Waals surface area contributed by atoms with Crippen LogP contribution >= 0.6 is 0 Å². The fourth-order valence-corrected chi connectivity index (χ4v) is 6.17. The number of halogens is 3. The second-order valence-corrected chi connectivity index (χ2v) is 10.7. The summed E-state index contributed by atoms with van der Waals surface area (Å²) >= 11 is 0. The van der Waals surface area contributed by atoms with Gasteiger partial charge in [0.1, 0.15) is 6.17 Å². The topological polar surface area (TPSA) is 99.5 Å². The van der Waals surface area contributed by atoms with Crippen LogP contribution in [-0.4, -0.2) is 48.1 Å². The number of carbonyl (C=O) groups excluding carboxylic acids is 2. The minimum Gasteiger partial charge on any atom is -0.368 e. The average molecular weight is 542 g/mol. The predicted octanol–water partition coefficient (Wildman–Crippen LogP) is 3.21. The first-order valence-corrected chi connectivity index (χ1v) is 13.6. The Morgan fingerprint density at radius 2 is 1.69 bits per heavy atom. The van der Waals surface area contributed by atoms with E-state index < -0.39 is 23.5 Å². The van der Waals surface area contributed by atoms with Crippen LogP contribution in [0.3, 0.4) is 0 Å². The second kappa shape index (κ2) is 11.7. The first kappa shape index (κ1) is 27.1. The number of amides is 2. The fourth-order valence-electron chi connectivity index (χ4n) is 6.17. The number of nitrogens with two attached hydrogens (primary N) is 1. The van der Waals surface area contributed by atoms with Crippen molar-refractivity contribution in [2.24, 2.45) is 17.6 Å². The maximum atomic E-state index is 13.4. The summed E-state index contributed by atoms with van der Waals surface area (Å²) in [5.74, 6) is -4.34. The molecule has 208 valence electrons. The molecule has 5 N–H and O–H groups in total. The van der Waals surface area contributed by atoms with Crippen LogP contribution in [0.15, 0.2) is 53.9 Å². The maximum absolute atomic E-state index is 13.4. The van der Waals surface area contributed by atoms with E-state index in [0.29, 0.717) is 31.8 Å². The van der Waals surface area contributed by atoms with Crippen molar-refractivity contribution in [2.45, 2.75) is 56.8 Å². The number of rotatable bonds is 7. The Hall–Kier alpha value is -3.53. The van der Waals surface area contributed by atoms with Crippen LogP contribution in [0.1, 0.15) is 44.1 Å². The molecule has 10 heteroatoms. The molecule has 2 fully saturated rings. The second-order valence-electron chi connectivity index (χ2n) is 10.7. The molecule has 7 nitrogen and oxygen atoms in total. The zero-order chi connectivity index (χ0) is 27.5. The van der Waals surface area contributed by atoms with Gasteiger partial charge in [-0.2, -0.15) is 0 Å². The lowest BCUT2D eigenvalue weighted by molar-refractivity contribution is -0.128. The number of dihydropyridines is 1. The van der Waals surface area contributed by atoms with E-state index >= 15 is 0 Å². The van der Waals surface area contributed by atoms with E-state index in [1.807, 2.05) is 12.3 Å². The summed E-state index contributed by atoms with van der Waals surface area (Å²) in [4.78, 5) is 26.6. The van der Waals surface area contributed by atoms with E-state index in [9.17, 15) is 22.8 Å². The molecule has 4 aliphatic rings. The Labute approximate surface area is 226 Å². The number of likely N-dealkylation sites (tertiary alicyclic amines) is 1. The smallest absolute Gasteiger partial charge is 0.246 e. The SMILES string of the molecule is NC(=O)C(NC1CCC(C2=CNC3NC=CC=C23)CC1)C1CCN(C(=O)/C=C/c2cc(F)c(F)c(F)c2)CC1. The Bertz CT molecular complexity index is 1200. The molecule has 3 heterocycles. The number of hydrogen-bond acceptors (Lipinski definition) is 5. The molecule has 1 aliphatic carbocycles. The number of carbonyl (C=O) groups is 2. The van der Waals surface area contributed by atoms with Crippen LogP contribution < -0.4 is 21.7 Å². The predicted molar refractivity (Wildman–Crippen MR) is 142 cm³/mol. The molecular weight excluding hydrogens is 507 g/mol. The molecule has 2 atom stereocenters. The number of fused-ring (bicyclic) bond motifs is 1. The molecule has 1 aromatic carbocycles. The van der Waals surface area contributed by atoms with Gasteiger partial charge in [-0.25, -0.2) is 13.2 Å². The zero-order valence-corrected chi connectivity index (χ0v) is 21.6. The Morgan fingerprint density at radius 1 is 1.00 bits per heavy atom. The van der Waals surface area contributed by atoms with Gasteiger partial charge in [0.15, 0.2) is 17.5 Å². The van der Waals surface area contributed by atoms with Crippen molar-refractivity contribution in [3.63, 3.8) is 0 Å². The average Bonchev–Trinajstić information content (AvgIpc) is 3.38. The third-order valence-corrected chi connectivity index (χ3v) is 8.32. The maximum Gasteiger partial charge on any atom is 0.246 e. The number of nitrogens with zero attached hydrogens (tertiary/aromatic N) is 1. The van der Waals surface area contributed by atoms with Gasteiger partial charge in [0.2, 0.25) is 11.8 Å². The third-order valence-electron chi connectivity index (χ3n) is 8.32. The van der Waals surface area contributed by atoms with Gasteiger partial charge < -0.3 is 26.6 Å². The highest BCUT2D eigenvalue weighted by Gasteiger charge is 2.35. The van der Waals surface area contributed by atoms with E-state index in [1.165, 1.54) is 23.3 Å². The lowest BCUT2D eigenvalue weighted by atomic mass is 9.78. The van der Waals surface area contributed by atoms with E-state index in [-0.39, 0.29) is 35.5 Å². The Morgan fingerprint density at radius 3 is 2.36 bits per heavy atom. The number of piperidine rings is 1. The molecule has 5 rings (SSSR count). The molecule has 3 aliphatic heterocycles. The van der Waals surface area contributed by atoms with Gasteiger partial charge in [0.25, 0.3) is 0 Å². The molecule has 1 saturated heterocycles. The standard InChI is InChI=1S/C29H34F3N5O2/c30-23-14-17(15-24(31)26(23)32)3-8-25(38)37-12-9-19(10-13-37)27(28(33)39)36-20-6-4-18(5-7-20)22-16-35-29-21(22)2-1-11-34-29/h1-3,8,11,14-16,18-20,27,29,34-36H,4-7,9-10,12-13H2,(H2,33,39)/b8-3+. The summed E-state index contributed by atoms with van der Waals surface area (Å²) in [6.07, 6.45) is 16.1. The van der Waals surface area contributed by atoms with Crippen LogP contribution in [0.5, 0.6) is 0 Å². The van der Waals surface area contributed by atoms with E-state index in [2.05, 4.69) is 28.2 Å². The largest absolute Gasteiger partial charge is 0.368 e. The molecule has 2 amide bonds. The zero-order valence-electron chi connectivity index (χ0n) is 21.6. The Balaban J connectivity index is 1.11. The molecule has 1 aromatic rings. The van der Waals surface area contributed by atoms with Crippen molar-refractivity contribution in [1.82, 2.24) is 20.9 Å². The molecule has 0 spiro atoms. The molecule has 0 radical (unpaired) electrons. The van der Waals surface area contributed by atoms with E-state index in [1.54, 1.807) is 4.90 Å². The van der Waals surface area contributed by atoms with E-state index in [0.717, 1.165) is 37.8 Å². The number of benzene rings is 1. The van der Waals surface area contributed by atoms with Crippen molar-refractivity contribution in [1.29, 1.82) is 0 Å². The lowest BCUT2D eigenvalue weighted by Gasteiger charge is -2.38. The van der Waals surface area contributed by atoms with Gasteiger partial charge in [-0.15, -0.1) is 0 Å². The minimum atomic E-state index is -1.54. The number of primary amides is 1. The summed E-state index contributed by atoms with van der Waals surface area (Å²) in [6, 6.07) is 1.43. The summed E-state index contributed by atoms with van der Waals surface area (Å²) in [5.41, 5.74) is 8.54. The quantitative estimate of drug-likeness (QED) is 0.314. The first-order chi connectivity index (χ1) is 18.8. The lowest BCUT2D eigenvalue weighted by Crippen LogP contribution is -2.54. The number of nitrogens with one attached hydrogen (secondary N) is 3. The van der Waals surface area contributed by atoms with Crippen LogP contribution in [0, 0.1) is 29.3 Å². The molecule has 0 bridgehead atoms. The van der Waals surface area contributed by atoms with Gasteiger partial charge in [0.05, 0.1) is 6.04 Å². The molecular formula is C29H34F3N5O2. The summed E-state index contributed by atoms with van der Waals surface area (Å²) in [5, 5.41) is 10.2. The van der Waals surface area contributed by atoms with Gasteiger partial charge in [-0.3, -0.25) is 9.59 Å². The summed E-state index contributed by atoms with van der Waals surface area (Å²) < 4.78 is 40.0. The van der Waals surface area contributed by atoms with Gasteiger partial charge in [0, 0.05) is 31.4 Å². The summed E-state index contributed by atoms with van der Waals surface area (Å²) in [7, 11) is 0. The molecule has 1 saturated carbocycles. The highest BCUT2D eigenvalue weighted by atomic mass is 19.2. The Kier molecular flexibility index (Phi) is 8.11. The van der Waals surface area contributed by atoms with Crippen LogP contribution in [-0.2, 0) is 9.59 Å². The summed E-state index contributed by atoms with van der Waals surface area (Å²) in [6.45, 7) is 0.885. The van der Waals surface area contributed by atoms with Gasteiger partial charge >= 0.3 is 0 Å². The number of allylic oxidation sites excluding steroid dienone is 2. The minimum absolute atomic E-state index is 0.0151. The van der Waals surface area contributed by atoms with Gasteiger partial charge in [-0.1, -0.05) is 6.08 Å². The first-order valence-electron chi connectivity index (χ1n) is 13.6. The van der Waals surface area contributed by atoms with Crippen molar-refractivity contribution < 1.29 is 22.8 Å². The molecule has 39 heavy (non-hydrogen) atoms. The van der Waals surface area contributed by atoms with Crippen molar-refractivity contribution >= 4 is 17.9 Å². The highest BCUT2D eigenvalue weighted by molar-refractivity contribution is 5.91. The van der Waals surface area contributed by atoms with Gasteiger partial charge in [-0.05, 0) is 97.6 Å². The van der Waals surface area contributed by atoms with Crippen molar-refractivity contribution in [3.05, 3.63) is 76.9 Å². The van der Waals surface area contributed by atoms with Crippen LogP contribution in [0.4, 0.5) is 13.2 Å². The van der Waals surface area contributed by atoms with E-state index in [4.69, 9.17) is 5.73 Å². The third kappa shape index (κ3) is 6.06. The van der Waals surface area contributed by atoms with Crippen molar-refractivity contribution in [2.75, 3.05) is 13.1 Å². The van der Waals surface area contributed by atoms with Crippen LogP contribution in [0.2, 0.25) is 0 Å². The van der Waals surface area contributed by atoms with Crippen molar-refractivity contribution in [3.8, 4) is 0 Å². The molecule has 0 aromatic heterocycles. The monoisotopic (exact) mass is 541 g/mol. The normalized spacial score (nSPS) is 25.9. The molecule has 2 unspecified atom stereocenters. The fraction of sp³-hybridized carbons (Fsp3) is 0.448.